The molecule has 0 bridgehead atoms. The maximum Gasteiger partial charge on any atom is 0.340 e. The first-order valence-electron chi connectivity index (χ1n) is 8.00. The molecule has 0 aliphatic heterocycles. The lowest BCUT2D eigenvalue weighted by Gasteiger charge is -2.11. The van der Waals surface area contributed by atoms with E-state index in [0.29, 0.717) is 11.1 Å². The van der Waals surface area contributed by atoms with Crippen LogP contribution in [0.1, 0.15) is 46.0 Å². The quantitative estimate of drug-likeness (QED) is 0.576. The van der Waals surface area contributed by atoms with Gasteiger partial charge in [-0.3, -0.25) is 4.79 Å². The molecule has 3 N–H and O–H groups in total. The van der Waals surface area contributed by atoms with Gasteiger partial charge in [0.05, 0.1) is 5.56 Å². The Morgan fingerprint density at radius 2 is 1.79 bits per heavy atom. The van der Waals surface area contributed by atoms with E-state index in [1.54, 1.807) is 30.3 Å². The predicted octanol–water partition coefficient (Wildman–Crippen LogP) is 3.35. The standard InChI is InChI=1S/C19H22N2O3/c1-2-3-12-21-17-7-5-4-6-16(17)19(23)24-13-14-8-10-15(11-9-14)18(20)22/h4-11,21H,2-3,12-13H2,1H3,(H2,20,22). The molecule has 0 aromatic heterocycles. The van der Waals surface area contributed by atoms with Crippen LogP contribution in [0.2, 0.25) is 0 Å². The fourth-order valence-corrected chi connectivity index (χ4v) is 2.21. The van der Waals surface area contributed by atoms with Gasteiger partial charge < -0.3 is 15.8 Å². The number of ether oxygens (including phenoxy) is 1. The van der Waals surface area contributed by atoms with Crippen LogP contribution in [-0.4, -0.2) is 18.4 Å². The molecule has 2 aromatic carbocycles. The number of carbonyl (C=O) groups excluding carboxylic acids is 2. The molecule has 0 unspecified atom stereocenters. The van der Waals surface area contributed by atoms with Gasteiger partial charge in [-0.05, 0) is 36.2 Å². The Bertz CT molecular complexity index is 696. The van der Waals surface area contributed by atoms with Crippen LogP contribution in [-0.2, 0) is 11.3 Å². The third-order valence-corrected chi connectivity index (χ3v) is 3.60. The van der Waals surface area contributed by atoms with Crippen molar-refractivity contribution in [1.82, 2.24) is 0 Å². The number of nitrogens with two attached hydrogens (primary N) is 1. The summed E-state index contributed by atoms with van der Waals surface area (Å²) in [6.45, 7) is 3.07. The van der Waals surface area contributed by atoms with E-state index in [2.05, 4.69) is 12.2 Å². The number of hydrogen-bond acceptors (Lipinski definition) is 4. The molecule has 0 radical (unpaired) electrons. The van der Waals surface area contributed by atoms with Crippen molar-refractivity contribution in [3.8, 4) is 0 Å². The van der Waals surface area contributed by atoms with Crippen LogP contribution in [0.15, 0.2) is 48.5 Å². The van der Waals surface area contributed by atoms with Gasteiger partial charge in [-0.25, -0.2) is 4.79 Å². The van der Waals surface area contributed by atoms with E-state index in [0.717, 1.165) is 30.6 Å². The summed E-state index contributed by atoms with van der Waals surface area (Å²) in [5.74, 6) is -0.862. The summed E-state index contributed by atoms with van der Waals surface area (Å²) in [4.78, 5) is 23.3. The van der Waals surface area contributed by atoms with E-state index in [4.69, 9.17) is 10.5 Å². The average Bonchev–Trinajstić information content (AvgIpc) is 2.60. The van der Waals surface area contributed by atoms with Crippen molar-refractivity contribution >= 4 is 17.6 Å². The SMILES string of the molecule is CCCCNc1ccccc1C(=O)OCc1ccc(C(N)=O)cc1. The van der Waals surface area contributed by atoms with Crippen molar-refractivity contribution in [3.05, 3.63) is 65.2 Å². The molecular weight excluding hydrogens is 304 g/mol. The van der Waals surface area contributed by atoms with E-state index in [-0.39, 0.29) is 12.6 Å². The van der Waals surface area contributed by atoms with Crippen LogP contribution in [0, 0.1) is 0 Å². The van der Waals surface area contributed by atoms with Crippen molar-refractivity contribution in [2.45, 2.75) is 26.4 Å². The van der Waals surface area contributed by atoms with Gasteiger partial charge >= 0.3 is 5.97 Å². The molecule has 0 aliphatic rings. The van der Waals surface area contributed by atoms with Crippen molar-refractivity contribution in [3.63, 3.8) is 0 Å². The van der Waals surface area contributed by atoms with Crippen molar-refractivity contribution in [2.24, 2.45) is 5.73 Å². The van der Waals surface area contributed by atoms with Crippen LogP contribution in [0.3, 0.4) is 0 Å². The monoisotopic (exact) mass is 326 g/mol. The number of carbonyl (C=O) groups is 2. The Morgan fingerprint density at radius 3 is 2.46 bits per heavy atom. The lowest BCUT2D eigenvalue weighted by molar-refractivity contribution is 0.0473. The highest BCUT2D eigenvalue weighted by Gasteiger charge is 2.12. The summed E-state index contributed by atoms with van der Waals surface area (Å²) in [5.41, 5.74) is 7.71. The van der Waals surface area contributed by atoms with Crippen molar-refractivity contribution in [2.75, 3.05) is 11.9 Å². The summed E-state index contributed by atoms with van der Waals surface area (Å²) in [7, 11) is 0. The lowest BCUT2D eigenvalue weighted by atomic mass is 10.1. The fourth-order valence-electron chi connectivity index (χ4n) is 2.21. The van der Waals surface area contributed by atoms with Crippen LogP contribution in [0.4, 0.5) is 5.69 Å². The van der Waals surface area contributed by atoms with Gasteiger partial charge in [0, 0.05) is 17.8 Å². The molecule has 5 nitrogen and oxygen atoms in total. The first kappa shape index (κ1) is 17.5. The van der Waals surface area contributed by atoms with Crippen LogP contribution < -0.4 is 11.1 Å². The Balaban J connectivity index is 1.98. The number of amides is 1. The highest BCUT2D eigenvalue weighted by Crippen LogP contribution is 2.17. The Labute approximate surface area is 141 Å². The number of primary amides is 1. The molecule has 5 heteroatoms. The summed E-state index contributed by atoms with van der Waals surface area (Å²) in [6.07, 6.45) is 2.12. The van der Waals surface area contributed by atoms with Crippen LogP contribution in [0.5, 0.6) is 0 Å². The first-order chi connectivity index (χ1) is 11.6. The predicted molar refractivity (Wildman–Crippen MR) is 93.9 cm³/mol. The second-order valence-electron chi connectivity index (χ2n) is 5.46. The minimum absolute atomic E-state index is 0.140. The Morgan fingerprint density at radius 1 is 1.08 bits per heavy atom. The number of benzene rings is 2. The number of nitrogens with one attached hydrogen (secondary N) is 1. The summed E-state index contributed by atoms with van der Waals surface area (Å²) < 4.78 is 5.37. The smallest absolute Gasteiger partial charge is 0.340 e. The lowest BCUT2D eigenvalue weighted by Crippen LogP contribution is -2.12. The maximum absolute atomic E-state index is 12.3. The van der Waals surface area contributed by atoms with Crippen LogP contribution in [0.25, 0.3) is 0 Å². The first-order valence-corrected chi connectivity index (χ1v) is 8.00. The number of para-hydroxylation sites is 1. The van der Waals surface area contributed by atoms with E-state index in [1.807, 2.05) is 18.2 Å². The molecule has 0 saturated heterocycles. The summed E-state index contributed by atoms with van der Waals surface area (Å²) in [6, 6.07) is 14.0. The Kier molecular flexibility index (Phi) is 6.37. The molecule has 0 fully saturated rings. The number of rotatable bonds is 8. The summed E-state index contributed by atoms with van der Waals surface area (Å²) in [5, 5.41) is 3.26. The van der Waals surface area contributed by atoms with E-state index < -0.39 is 5.91 Å². The topological polar surface area (TPSA) is 81.4 Å². The Hall–Kier alpha value is -2.82. The molecule has 0 spiro atoms. The highest BCUT2D eigenvalue weighted by atomic mass is 16.5. The zero-order valence-corrected chi connectivity index (χ0v) is 13.7. The fraction of sp³-hybridized carbons (Fsp3) is 0.263. The number of esters is 1. The van der Waals surface area contributed by atoms with Gasteiger partial charge in [0.25, 0.3) is 0 Å². The van der Waals surface area contributed by atoms with Crippen molar-refractivity contribution in [1.29, 1.82) is 0 Å². The second kappa shape index (κ2) is 8.72. The third kappa shape index (κ3) is 4.84. The second-order valence-corrected chi connectivity index (χ2v) is 5.46. The summed E-state index contributed by atoms with van der Waals surface area (Å²) >= 11 is 0. The molecule has 2 aromatic rings. The number of unbranched alkanes of at least 4 members (excludes halogenated alkanes) is 1. The van der Waals surface area contributed by atoms with E-state index in [1.165, 1.54) is 0 Å². The highest BCUT2D eigenvalue weighted by molar-refractivity contribution is 5.95. The minimum Gasteiger partial charge on any atom is -0.457 e. The zero-order chi connectivity index (χ0) is 17.4. The normalized spacial score (nSPS) is 10.2. The molecule has 0 aliphatic carbocycles. The molecule has 1 amide bonds. The maximum atomic E-state index is 12.3. The number of anilines is 1. The van der Waals surface area contributed by atoms with Crippen molar-refractivity contribution < 1.29 is 14.3 Å². The molecule has 0 saturated carbocycles. The minimum atomic E-state index is -0.481. The van der Waals surface area contributed by atoms with Gasteiger partial charge in [0.2, 0.25) is 5.91 Å². The molecule has 24 heavy (non-hydrogen) atoms. The molecule has 0 atom stereocenters. The van der Waals surface area contributed by atoms with E-state index in [9.17, 15) is 9.59 Å². The molecule has 0 heterocycles. The molecule has 126 valence electrons. The van der Waals surface area contributed by atoms with E-state index >= 15 is 0 Å². The molecular formula is C19H22N2O3. The third-order valence-electron chi connectivity index (χ3n) is 3.60. The zero-order valence-electron chi connectivity index (χ0n) is 13.7. The van der Waals surface area contributed by atoms with Gasteiger partial charge in [0.15, 0.2) is 0 Å². The number of hydrogen-bond donors (Lipinski definition) is 2. The van der Waals surface area contributed by atoms with Crippen LogP contribution >= 0.6 is 0 Å². The van der Waals surface area contributed by atoms with Gasteiger partial charge in [-0.1, -0.05) is 37.6 Å². The largest absolute Gasteiger partial charge is 0.457 e. The van der Waals surface area contributed by atoms with Gasteiger partial charge in [-0.2, -0.15) is 0 Å². The molecule has 2 rings (SSSR count). The van der Waals surface area contributed by atoms with Gasteiger partial charge in [0.1, 0.15) is 6.61 Å². The average molecular weight is 326 g/mol. The van der Waals surface area contributed by atoms with Gasteiger partial charge in [-0.15, -0.1) is 0 Å².